The van der Waals surface area contributed by atoms with Gasteiger partial charge >= 0.3 is 0 Å². The van der Waals surface area contributed by atoms with Crippen LogP contribution in [0.25, 0.3) is 0 Å². The second-order valence-electron chi connectivity index (χ2n) is 4.21. The molecule has 0 aromatic carbocycles. The van der Waals surface area contributed by atoms with Gasteiger partial charge in [-0.2, -0.15) is 0 Å². The quantitative estimate of drug-likeness (QED) is 0.772. The molecule has 1 aromatic rings. The minimum atomic E-state index is -0.340. The molecule has 0 radical (unpaired) electrons. The van der Waals surface area contributed by atoms with Crippen molar-refractivity contribution in [1.82, 2.24) is 10.3 Å². The first kappa shape index (κ1) is 10.9. The molecule has 5 heteroatoms. The number of ether oxygens (including phenoxy) is 1. The Balaban J connectivity index is 2.11. The normalized spacial score (nSPS) is 24.3. The fourth-order valence-corrected chi connectivity index (χ4v) is 1.69. The summed E-state index contributed by atoms with van der Waals surface area (Å²) >= 11 is 0. The molecule has 16 heavy (non-hydrogen) atoms. The molecule has 0 bridgehead atoms. The van der Waals surface area contributed by atoms with E-state index in [4.69, 9.17) is 4.74 Å². The van der Waals surface area contributed by atoms with E-state index in [9.17, 15) is 9.90 Å². The number of carbonyl (C=O) groups is 1. The number of nitrogens with zero attached hydrogens (tertiary/aromatic N) is 1. The van der Waals surface area contributed by atoms with Crippen LogP contribution in [0.15, 0.2) is 18.5 Å². The molecule has 2 N–H and O–H groups in total. The number of pyridine rings is 1. The molecule has 0 spiro atoms. The molecule has 0 saturated carbocycles. The van der Waals surface area contributed by atoms with Gasteiger partial charge in [-0.1, -0.05) is 0 Å². The zero-order valence-corrected chi connectivity index (χ0v) is 9.06. The van der Waals surface area contributed by atoms with Crippen LogP contribution < -0.4 is 5.32 Å². The fraction of sp³-hybridized carbons (Fsp3) is 0.455. The van der Waals surface area contributed by atoms with Crippen molar-refractivity contribution in [3.8, 4) is 5.75 Å². The average molecular weight is 222 g/mol. The second-order valence-corrected chi connectivity index (χ2v) is 4.21. The molecular formula is C11H14N2O3. The third kappa shape index (κ3) is 2.14. The highest BCUT2D eigenvalue weighted by molar-refractivity contribution is 5.97. The summed E-state index contributed by atoms with van der Waals surface area (Å²) in [7, 11) is 0. The predicted octanol–water partition coefficient (Wildman–Crippen LogP) is 0.696. The third-order valence-electron chi connectivity index (χ3n) is 2.68. The zero-order valence-electron chi connectivity index (χ0n) is 9.06. The van der Waals surface area contributed by atoms with Gasteiger partial charge in [-0.05, 0) is 19.4 Å². The van der Waals surface area contributed by atoms with E-state index in [1.165, 1.54) is 18.5 Å². The van der Waals surface area contributed by atoms with Gasteiger partial charge in [0, 0.05) is 12.8 Å². The van der Waals surface area contributed by atoms with Crippen LogP contribution in [-0.2, 0) is 4.74 Å². The summed E-state index contributed by atoms with van der Waals surface area (Å²) in [6.45, 7) is 3.08. The van der Waals surface area contributed by atoms with Crippen molar-refractivity contribution in [2.75, 3.05) is 13.2 Å². The van der Waals surface area contributed by atoms with Crippen molar-refractivity contribution in [2.24, 2.45) is 0 Å². The average Bonchev–Trinajstić information content (AvgIpc) is 2.65. The van der Waals surface area contributed by atoms with Crippen LogP contribution in [0.5, 0.6) is 5.75 Å². The lowest BCUT2D eigenvalue weighted by molar-refractivity contribution is 0.0887. The molecule has 2 heterocycles. The first-order valence-corrected chi connectivity index (χ1v) is 5.14. The molecule has 1 unspecified atom stereocenters. The summed E-state index contributed by atoms with van der Waals surface area (Å²) in [4.78, 5) is 15.6. The molecule has 0 aliphatic carbocycles. The number of aromatic hydroxyl groups is 1. The van der Waals surface area contributed by atoms with E-state index in [0.29, 0.717) is 13.2 Å². The smallest absolute Gasteiger partial charge is 0.255 e. The van der Waals surface area contributed by atoms with Crippen molar-refractivity contribution in [3.63, 3.8) is 0 Å². The van der Waals surface area contributed by atoms with E-state index in [-0.39, 0.29) is 22.8 Å². The summed E-state index contributed by atoms with van der Waals surface area (Å²) in [6.07, 6.45) is 3.51. The van der Waals surface area contributed by atoms with Gasteiger partial charge in [-0.15, -0.1) is 0 Å². The van der Waals surface area contributed by atoms with Crippen LogP contribution in [0.4, 0.5) is 0 Å². The molecule has 86 valence electrons. The van der Waals surface area contributed by atoms with E-state index in [1.807, 2.05) is 6.92 Å². The molecular weight excluding hydrogens is 208 g/mol. The van der Waals surface area contributed by atoms with Crippen molar-refractivity contribution in [3.05, 3.63) is 24.0 Å². The Labute approximate surface area is 93.5 Å². The number of rotatable bonds is 2. The second kappa shape index (κ2) is 4.09. The highest BCUT2D eigenvalue weighted by Crippen LogP contribution is 2.20. The molecule has 2 rings (SSSR count). The summed E-state index contributed by atoms with van der Waals surface area (Å²) in [5.41, 5.74) is -0.101. The maximum absolute atomic E-state index is 11.9. The standard InChI is InChI=1S/C11H14N2O3/c1-11(3-5-16-7-11)13-10(15)8-2-4-12-6-9(8)14/h2,4,6,14H,3,5,7H2,1H3,(H,13,15). The third-order valence-corrected chi connectivity index (χ3v) is 2.68. The maximum Gasteiger partial charge on any atom is 0.255 e. The molecule has 1 aromatic heterocycles. The van der Waals surface area contributed by atoms with Gasteiger partial charge in [0.25, 0.3) is 5.91 Å². The monoisotopic (exact) mass is 222 g/mol. The van der Waals surface area contributed by atoms with Gasteiger partial charge in [-0.3, -0.25) is 9.78 Å². The maximum atomic E-state index is 11.9. The van der Waals surface area contributed by atoms with Gasteiger partial charge in [-0.25, -0.2) is 0 Å². The lowest BCUT2D eigenvalue weighted by atomic mass is 10.0. The Hall–Kier alpha value is -1.62. The van der Waals surface area contributed by atoms with Gasteiger partial charge in [0.2, 0.25) is 0 Å². The van der Waals surface area contributed by atoms with Gasteiger partial charge in [0.1, 0.15) is 5.75 Å². The summed E-state index contributed by atoms with van der Waals surface area (Å²) in [6, 6.07) is 1.49. The highest BCUT2D eigenvalue weighted by atomic mass is 16.5. The van der Waals surface area contributed by atoms with Crippen molar-refractivity contribution in [1.29, 1.82) is 0 Å². The summed E-state index contributed by atoms with van der Waals surface area (Å²) < 4.78 is 5.24. The molecule has 1 aliphatic heterocycles. The Morgan fingerprint density at radius 3 is 3.12 bits per heavy atom. The lowest BCUT2D eigenvalue weighted by Gasteiger charge is -2.23. The van der Waals surface area contributed by atoms with Gasteiger partial charge < -0.3 is 15.2 Å². The summed E-state index contributed by atoms with van der Waals surface area (Å²) in [5.74, 6) is -0.407. The largest absolute Gasteiger partial charge is 0.505 e. The molecule has 1 aliphatic rings. The Bertz CT molecular complexity index is 400. The topological polar surface area (TPSA) is 71.5 Å². The van der Waals surface area contributed by atoms with Crippen LogP contribution >= 0.6 is 0 Å². The molecule has 5 nitrogen and oxygen atoms in total. The Morgan fingerprint density at radius 2 is 2.50 bits per heavy atom. The number of hydrogen-bond donors (Lipinski definition) is 2. The molecule has 1 fully saturated rings. The van der Waals surface area contributed by atoms with E-state index in [1.54, 1.807) is 0 Å². The van der Waals surface area contributed by atoms with E-state index in [0.717, 1.165) is 6.42 Å². The number of carbonyl (C=O) groups excluding carboxylic acids is 1. The van der Waals surface area contributed by atoms with Crippen LogP contribution in [0.2, 0.25) is 0 Å². The fourth-order valence-electron chi connectivity index (χ4n) is 1.69. The van der Waals surface area contributed by atoms with Crippen molar-refractivity contribution < 1.29 is 14.6 Å². The molecule has 1 amide bonds. The van der Waals surface area contributed by atoms with Gasteiger partial charge in [0.05, 0.1) is 23.9 Å². The first-order chi connectivity index (χ1) is 7.61. The van der Waals surface area contributed by atoms with Crippen LogP contribution in [-0.4, -0.2) is 34.8 Å². The predicted molar refractivity (Wildman–Crippen MR) is 57.2 cm³/mol. The number of nitrogens with one attached hydrogen (secondary N) is 1. The number of amides is 1. The zero-order chi connectivity index (χ0) is 11.6. The Kier molecular flexibility index (Phi) is 2.78. The number of aromatic nitrogens is 1. The summed E-state index contributed by atoms with van der Waals surface area (Å²) in [5, 5.41) is 12.3. The number of hydrogen-bond acceptors (Lipinski definition) is 4. The van der Waals surface area contributed by atoms with E-state index >= 15 is 0 Å². The van der Waals surface area contributed by atoms with Crippen LogP contribution in [0.3, 0.4) is 0 Å². The Morgan fingerprint density at radius 1 is 1.69 bits per heavy atom. The minimum Gasteiger partial charge on any atom is -0.505 e. The van der Waals surface area contributed by atoms with Gasteiger partial charge in [0.15, 0.2) is 0 Å². The van der Waals surface area contributed by atoms with Crippen LogP contribution in [0.1, 0.15) is 23.7 Å². The highest BCUT2D eigenvalue weighted by Gasteiger charge is 2.31. The van der Waals surface area contributed by atoms with Crippen molar-refractivity contribution in [2.45, 2.75) is 18.9 Å². The minimum absolute atomic E-state index is 0.109. The molecule has 1 atom stereocenters. The van der Waals surface area contributed by atoms with Crippen LogP contribution in [0, 0.1) is 0 Å². The molecule has 1 saturated heterocycles. The van der Waals surface area contributed by atoms with Crippen molar-refractivity contribution >= 4 is 5.91 Å². The lowest BCUT2D eigenvalue weighted by Crippen LogP contribution is -2.46. The van der Waals surface area contributed by atoms with E-state index in [2.05, 4.69) is 10.3 Å². The van der Waals surface area contributed by atoms with E-state index < -0.39 is 0 Å². The first-order valence-electron chi connectivity index (χ1n) is 5.14. The SMILES string of the molecule is CC1(NC(=O)c2ccncc2O)CCOC1.